The highest BCUT2D eigenvalue weighted by Crippen LogP contribution is 2.37. The Kier molecular flexibility index (Phi) is 7.18. The van der Waals surface area contributed by atoms with Gasteiger partial charge < -0.3 is 14.2 Å². The largest absolute Gasteiger partial charge is 0.464 e. The third kappa shape index (κ3) is 4.64. The highest BCUT2D eigenvalue weighted by molar-refractivity contribution is 7.14. The van der Waals surface area contributed by atoms with E-state index in [2.05, 4.69) is 25.3 Å². The first-order valence-electron chi connectivity index (χ1n) is 11.4. The van der Waals surface area contributed by atoms with Gasteiger partial charge >= 0.3 is 23.8 Å². The molecule has 5 rings (SSSR count). The maximum absolute atomic E-state index is 13.8. The second-order valence-electron chi connectivity index (χ2n) is 8.29. The first kappa shape index (κ1) is 25.5. The van der Waals surface area contributed by atoms with Crippen LogP contribution in [0.5, 0.6) is 0 Å². The number of allylic oxidation sites excluding steroid dienone is 1. The van der Waals surface area contributed by atoms with Crippen molar-refractivity contribution in [3.8, 4) is 0 Å². The Hall–Kier alpha value is -4.14. The molecule has 2 aromatic heterocycles. The van der Waals surface area contributed by atoms with Gasteiger partial charge in [-0.05, 0) is 5.56 Å². The second-order valence-corrected chi connectivity index (χ2v) is 9.87. The van der Waals surface area contributed by atoms with E-state index in [9.17, 15) is 19.2 Å². The van der Waals surface area contributed by atoms with Gasteiger partial charge in [-0.2, -0.15) is 0 Å². The number of hydrogen-bond acceptors (Lipinski definition) is 11. The van der Waals surface area contributed by atoms with Gasteiger partial charge in [0.05, 0.1) is 24.7 Å². The number of ether oxygens (including phenoxy) is 3. The summed E-state index contributed by atoms with van der Waals surface area (Å²) < 4.78 is 15.1. The van der Waals surface area contributed by atoms with Crippen molar-refractivity contribution in [3.63, 3.8) is 0 Å². The van der Waals surface area contributed by atoms with Crippen molar-refractivity contribution in [2.45, 2.75) is 18.9 Å². The van der Waals surface area contributed by atoms with Crippen molar-refractivity contribution in [3.05, 3.63) is 75.2 Å². The van der Waals surface area contributed by atoms with E-state index in [0.29, 0.717) is 5.69 Å². The lowest BCUT2D eigenvalue weighted by molar-refractivity contribution is -0.763. The van der Waals surface area contributed by atoms with E-state index < -0.39 is 34.3 Å². The molecule has 196 valence electrons. The Morgan fingerprint density at radius 3 is 2.71 bits per heavy atom. The number of thiazole rings is 2. The zero-order chi connectivity index (χ0) is 26.7. The molecule has 14 heteroatoms. The molecule has 3 aromatic rings. The van der Waals surface area contributed by atoms with E-state index in [1.165, 1.54) is 23.8 Å². The topological polar surface area (TPSA) is 146 Å². The summed E-state index contributed by atoms with van der Waals surface area (Å²) in [5, 5.41) is 8.50. The molecule has 0 saturated carbocycles. The molecule has 2 aliphatic rings. The average Bonchev–Trinajstić information content (AvgIpc) is 3.73. The molecule has 38 heavy (non-hydrogen) atoms. The third-order valence-electron chi connectivity index (χ3n) is 6.08. The number of nitrogens with zero attached hydrogens (tertiary/aromatic N) is 3. The Bertz CT molecular complexity index is 1390. The van der Waals surface area contributed by atoms with Crippen LogP contribution in [0, 0.1) is 0 Å². The third-order valence-corrected chi connectivity index (χ3v) is 7.48. The van der Waals surface area contributed by atoms with Crippen molar-refractivity contribution in [1.82, 2.24) is 15.3 Å². The van der Waals surface area contributed by atoms with Crippen LogP contribution in [0.4, 0.5) is 9.93 Å². The number of carbonyl (C=O) groups is 4. The van der Waals surface area contributed by atoms with E-state index in [1.54, 1.807) is 10.9 Å². The molecule has 4 amide bonds. The minimum absolute atomic E-state index is 0.0168. The number of esters is 1. The summed E-state index contributed by atoms with van der Waals surface area (Å²) in [5.41, 5.74) is 3.00. The number of amides is 4. The first-order valence-corrected chi connectivity index (χ1v) is 13.2. The number of methoxy groups -OCH3 is 1. The molecule has 12 nitrogen and oxygen atoms in total. The van der Waals surface area contributed by atoms with Gasteiger partial charge in [0.15, 0.2) is 16.9 Å². The van der Waals surface area contributed by atoms with E-state index in [-0.39, 0.29) is 48.6 Å². The summed E-state index contributed by atoms with van der Waals surface area (Å²) in [4.78, 5) is 61.2. The van der Waals surface area contributed by atoms with Crippen LogP contribution in [0.3, 0.4) is 0 Å². The molecule has 1 saturated heterocycles. The summed E-state index contributed by atoms with van der Waals surface area (Å²) in [7, 11) is 1.22. The Morgan fingerprint density at radius 2 is 2.03 bits per heavy atom. The minimum Gasteiger partial charge on any atom is -0.464 e. The molecule has 0 bridgehead atoms. The number of aromatic nitrogens is 2. The van der Waals surface area contributed by atoms with Gasteiger partial charge in [-0.25, -0.2) is 24.4 Å². The number of carbonyl (C=O) groups excluding carboxylic acids is 4. The quantitative estimate of drug-likeness (QED) is 0.230. The lowest BCUT2D eigenvalue weighted by atomic mass is 10.0. The molecule has 0 aliphatic carbocycles. The fourth-order valence-electron chi connectivity index (χ4n) is 4.34. The zero-order valence-corrected chi connectivity index (χ0v) is 21.7. The number of urea groups is 1. The average molecular weight is 557 g/mol. The van der Waals surface area contributed by atoms with Crippen LogP contribution < -0.4 is 10.6 Å². The highest BCUT2D eigenvalue weighted by Gasteiger charge is 2.65. The van der Waals surface area contributed by atoms with Crippen LogP contribution >= 0.6 is 22.7 Å². The van der Waals surface area contributed by atoms with Crippen LogP contribution in [0.15, 0.2) is 58.2 Å². The monoisotopic (exact) mass is 556 g/mol. The van der Waals surface area contributed by atoms with Gasteiger partial charge in [-0.3, -0.25) is 15.4 Å². The van der Waals surface area contributed by atoms with Crippen LogP contribution in [0.25, 0.3) is 0 Å². The fourth-order valence-corrected chi connectivity index (χ4v) is 5.60. The van der Waals surface area contributed by atoms with Crippen LogP contribution in [-0.4, -0.2) is 64.8 Å². The molecule has 1 unspecified atom stereocenters. The van der Waals surface area contributed by atoms with Gasteiger partial charge in [-0.1, -0.05) is 34.8 Å². The van der Waals surface area contributed by atoms with Crippen molar-refractivity contribution in [1.29, 1.82) is 0 Å². The van der Waals surface area contributed by atoms with E-state index in [0.717, 1.165) is 16.9 Å². The molecule has 2 atom stereocenters. The van der Waals surface area contributed by atoms with E-state index >= 15 is 0 Å². The van der Waals surface area contributed by atoms with Crippen LogP contribution in [-0.2, 0) is 36.6 Å². The maximum Gasteiger partial charge on any atom is 0.433 e. The van der Waals surface area contributed by atoms with Crippen molar-refractivity contribution in [2.24, 2.45) is 0 Å². The van der Waals surface area contributed by atoms with Crippen molar-refractivity contribution >= 4 is 51.6 Å². The molecule has 2 aliphatic heterocycles. The number of anilines is 1. The van der Waals surface area contributed by atoms with Crippen molar-refractivity contribution in [2.75, 3.05) is 25.8 Å². The first-order chi connectivity index (χ1) is 18.4. The predicted molar refractivity (Wildman–Crippen MR) is 135 cm³/mol. The summed E-state index contributed by atoms with van der Waals surface area (Å²) in [6.45, 7) is -0.507. The van der Waals surface area contributed by atoms with Gasteiger partial charge in [-0.15, -0.1) is 22.7 Å². The molecular weight excluding hydrogens is 534 g/mol. The Balaban J connectivity index is 1.58. The summed E-state index contributed by atoms with van der Waals surface area (Å²) in [6.07, 6.45) is 0.186. The molecule has 0 spiro atoms. The molecule has 1 fully saturated rings. The van der Waals surface area contributed by atoms with Crippen molar-refractivity contribution < 1.29 is 37.9 Å². The number of benzene rings is 1. The maximum atomic E-state index is 13.8. The van der Waals surface area contributed by atoms with E-state index in [4.69, 9.17) is 9.47 Å². The normalized spacial score (nSPS) is 19.5. The molecule has 1 aromatic carbocycles. The Morgan fingerprint density at radius 1 is 1.21 bits per heavy atom. The fraction of sp³-hybridized carbons (Fsp3) is 0.250. The summed E-state index contributed by atoms with van der Waals surface area (Å²) in [5.74, 6) is -1.69. The minimum atomic E-state index is -1.32. The van der Waals surface area contributed by atoms with Crippen LogP contribution in [0.1, 0.15) is 21.7 Å². The number of hydrogen-bond donors (Lipinski definition) is 2. The summed E-state index contributed by atoms with van der Waals surface area (Å²) >= 11 is 2.33. The second kappa shape index (κ2) is 10.7. The molecule has 4 heterocycles. The van der Waals surface area contributed by atoms with Gasteiger partial charge in [0, 0.05) is 17.2 Å². The molecule has 0 radical (unpaired) electrons. The SMILES string of the molecule is COC(=O)c1csc(NC(=O)[C@H](Cc2cscn2)[N+]2(C3=C(Cc4ccccc4)OCO3)C(=O)CNC2=O)n1. The lowest BCUT2D eigenvalue weighted by Crippen LogP contribution is -2.64. The number of imide groups is 1. The smallest absolute Gasteiger partial charge is 0.433 e. The number of quaternary nitrogens is 1. The standard InChI is InChI=1S/C24H21N5O7S2/c1-34-22(32)16-11-38-23(27-16)28-20(31)17(8-15-10-37-12-26-15)29(19(30)9-25-24(29)33)21-18(35-13-36-21)7-14-5-3-2-4-6-14/h2-6,10-12,17H,7-9,13H2,1H3,(H-,25,27,28,31,33)/p+1/t17-,29?/m0/s1. The predicted octanol–water partition coefficient (Wildman–Crippen LogP) is 2.42. The van der Waals surface area contributed by atoms with Gasteiger partial charge in [0.2, 0.25) is 12.6 Å². The van der Waals surface area contributed by atoms with Crippen LogP contribution in [0.2, 0.25) is 0 Å². The molecule has 2 N–H and O–H groups in total. The zero-order valence-electron chi connectivity index (χ0n) is 20.0. The molecular formula is C24H22N5O7S2+. The van der Waals surface area contributed by atoms with Gasteiger partial charge in [0.1, 0.15) is 6.54 Å². The van der Waals surface area contributed by atoms with Gasteiger partial charge in [0.25, 0.3) is 5.91 Å². The Labute approximate surface area is 224 Å². The number of nitrogens with one attached hydrogen (secondary N) is 2. The highest BCUT2D eigenvalue weighted by atomic mass is 32.1. The lowest BCUT2D eigenvalue weighted by Gasteiger charge is -2.32. The van der Waals surface area contributed by atoms with E-state index in [1.807, 2.05) is 30.3 Å². The summed E-state index contributed by atoms with van der Waals surface area (Å²) in [6, 6.07) is 7.31. The number of rotatable bonds is 9.